The third-order valence-electron chi connectivity index (χ3n) is 5.01. The highest BCUT2D eigenvalue weighted by Crippen LogP contribution is 2.35. The molecule has 0 fully saturated rings. The maximum atomic E-state index is 13.6. The van der Waals surface area contributed by atoms with E-state index in [0.717, 1.165) is 0 Å². The van der Waals surface area contributed by atoms with Crippen molar-refractivity contribution < 1.29 is 13.5 Å². The molecule has 0 amide bonds. The van der Waals surface area contributed by atoms with Crippen molar-refractivity contribution in [3.05, 3.63) is 83.4 Å². The van der Waals surface area contributed by atoms with Gasteiger partial charge in [-0.25, -0.2) is 18.4 Å². The van der Waals surface area contributed by atoms with Crippen molar-refractivity contribution in [2.45, 2.75) is 9.79 Å². The van der Waals surface area contributed by atoms with Crippen LogP contribution in [0.4, 0.5) is 5.82 Å². The van der Waals surface area contributed by atoms with Crippen LogP contribution in [0.5, 0.6) is 5.75 Å². The number of hydrogen-bond acceptors (Lipinski definition) is 7. The molecule has 0 bridgehead atoms. The summed E-state index contributed by atoms with van der Waals surface area (Å²) >= 11 is 5.93. The number of aromatic nitrogens is 3. The lowest BCUT2D eigenvalue weighted by molar-refractivity contribution is 0.475. The summed E-state index contributed by atoms with van der Waals surface area (Å²) in [6.45, 7) is 0. The Morgan fingerprint density at radius 2 is 1.67 bits per heavy atom. The topological polar surface area (TPSA) is 123 Å². The number of fused-ring (bicyclic) bond motifs is 2. The first-order chi connectivity index (χ1) is 15.8. The molecule has 3 aromatic carbocycles. The lowest BCUT2D eigenvalue weighted by Crippen LogP contribution is -2.06. The van der Waals surface area contributed by atoms with Crippen molar-refractivity contribution in [3.63, 3.8) is 0 Å². The number of anilines is 1. The standard InChI is InChI=1S/C23H16ClN5O3S/c24-15-8-10-17(11-9-15)33(31,32)21-20-23(28-19-7-2-1-6-18(19)27-20)29(22(21)25)26-13-14-4-3-5-16(30)12-14/h1-13,30H,25H2/b26-13-. The number of halogens is 1. The van der Waals surface area contributed by atoms with Gasteiger partial charge in [0.1, 0.15) is 22.0 Å². The van der Waals surface area contributed by atoms with Crippen LogP contribution in [0.15, 0.2) is 87.7 Å². The van der Waals surface area contributed by atoms with Gasteiger partial charge in [-0.15, -0.1) is 0 Å². The fourth-order valence-corrected chi connectivity index (χ4v) is 5.07. The van der Waals surface area contributed by atoms with Gasteiger partial charge < -0.3 is 10.8 Å². The van der Waals surface area contributed by atoms with Crippen LogP contribution in [0.1, 0.15) is 5.56 Å². The van der Waals surface area contributed by atoms with E-state index in [-0.39, 0.29) is 32.5 Å². The number of hydrogen-bond donors (Lipinski definition) is 2. The Hall–Kier alpha value is -3.95. The number of aromatic hydroxyl groups is 1. The fraction of sp³-hybridized carbons (Fsp3) is 0. The van der Waals surface area contributed by atoms with E-state index in [2.05, 4.69) is 15.1 Å². The summed E-state index contributed by atoms with van der Waals surface area (Å²) in [5.74, 6) is -0.0623. The SMILES string of the molecule is Nc1c(S(=O)(=O)c2ccc(Cl)cc2)c2nc3ccccc3nc2n1/N=C\c1cccc(O)c1. The minimum Gasteiger partial charge on any atom is -0.508 e. The van der Waals surface area contributed by atoms with Crippen LogP contribution < -0.4 is 5.73 Å². The molecule has 0 spiro atoms. The maximum Gasteiger partial charge on any atom is 0.212 e. The molecule has 33 heavy (non-hydrogen) atoms. The van der Waals surface area contributed by atoms with Crippen molar-refractivity contribution in [1.29, 1.82) is 0 Å². The molecular weight excluding hydrogens is 462 g/mol. The molecule has 5 aromatic rings. The molecule has 0 aliphatic rings. The molecule has 0 unspecified atom stereocenters. The third-order valence-corrected chi connectivity index (χ3v) is 7.10. The maximum absolute atomic E-state index is 13.6. The number of nitrogens with zero attached hydrogens (tertiary/aromatic N) is 4. The second-order valence-corrected chi connectivity index (χ2v) is 9.53. The fourth-order valence-electron chi connectivity index (χ4n) is 3.47. The summed E-state index contributed by atoms with van der Waals surface area (Å²) in [4.78, 5) is 8.97. The highest BCUT2D eigenvalue weighted by Gasteiger charge is 2.30. The number of sulfone groups is 1. The van der Waals surface area contributed by atoms with Gasteiger partial charge in [-0.05, 0) is 54.1 Å². The predicted molar refractivity (Wildman–Crippen MR) is 127 cm³/mol. The summed E-state index contributed by atoms with van der Waals surface area (Å²) in [6.07, 6.45) is 1.45. The normalized spacial score (nSPS) is 12.2. The van der Waals surface area contributed by atoms with Gasteiger partial charge in [-0.2, -0.15) is 9.78 Å². The number of phenolic OH excluding ortho intramolecular Hbond substituents is 1. The van der Waals surface area contributed by atoms with E-state index in [1.165, 1.54) is 47.3 Å². The number of phenols is 1. The van der Waals surface area contributed by atoms with Crippen LogP contribution >= 0.6 is 11.6 Å². The summed E-state index contributed by atoms with van der Waals surface area (Å²) in [5.41, 5.74) is 8.31. The Morgan fingerprint density at radius 3 is 2.36 bits per heavy atom. The smallest absolute Gasteiger partial charge is 0.212 e. The van der Waals surface area contributed by atoms with Gasteiger partial charge in [0.25, 0.3) is 0 Å². The Bertz CT molecular complexity index is 1660. The second kappa shape index (κ2) is 7.88. The van der Waals surface area contributed by atoms with E-state index >= 15 is 0 Å². The summed E-state index contributed by atoms with van der Waals surface area (Å²) in [5, 5.41) is 14.5. The molecule has 2 aromatic heterocycles. The molecule has 10 heteroatoms. The minimum absolute atomic E-state index is 0.0181. The minimum atomic E-state index is -4.07. The molecule has 0 saturated heterocycles. The first-order valence-electron chi connectivity index (χ1n) is 9.75. The zero-order valence-electron chi connectivity index (χ0n) is 16.9. The van der Waals surface area contributed by atoms with Crippen molar-refractivity contribution in [2.75, 3.05) is 5.73 Å². The van der Waals surface area contributed by atoms with Crippen molar-refractivity contribution in [2.24, 2.45) is 5.10 Å². The molecule has 164 valence electrons. The van der Waals surface area contributed by atoms with Crippen LogP contribution in [-0.4, -0.2) is 34.4 Å². The Balaban J connectivity index is 1.79. The van der Waals surface area contributed by atoms with Crippen LogP contribution in [0.2, 0.25) is 5.02 Å². The zero-order valence-corrected chi connectivity index (χ0v) is 18.5. The average molecular weight is 478 g/mol. The molecule has 0 atom stereocenters. The van der Waals surface area contributed by atoms with E-state index in [0.29, 0.717) is 21.6 Å². The van der Waals surface area contributed by atoms with Gasteiger partial charge in [0, 0.05) is 5.02 Å². The molecule has 0 radical (unpaired) electrons. The van der Waals surface area contributed by atoms with Crippen LogP contribution in [-0.2, 0) is 9.84 Å². The molecule has 0 saturated carbocycles. The quantitative estimate of drug-likeness (QED) is 0.373. The van der Waals surface area contributed by atoms with Crippen molar-refractivity contribution in [3.8, 4) is 5.75 Å². The van der Waals surface area contributed by atoms with E-state index in [9.17, 15) is 13.5 Å². The van der Waals surface area contributed by atoms with Crippen molar-refractivity contribution in [1.82, 2.24) is 14.6 Å². The summed E-state index contributed by atoms with van der Waals surface area (Å²) < 4.78 is 28.4. The molecule has 8 nitrogen and oxygen atoms in total. The van der Waals surface area contributed by atoms with Crippen LogP contribution in [0.25, 0.3) is 22.2 Å². The van der Waals surface area contributed by atoms with E-state index in [1.807, 2.05) is 0 Å². The second-order valence-electron chi connectivity index (χ2n) is 7.21. The first kappa shape index (κ1) is 20.9. The lowest BCUT2D eigenvalue weighted by Gasteiger charge is -2.05. The average Bonchev–Trinajstić information content (AvgIpc) is 3.07. The summed E-state index contributed by atoms with van der Waals surface area (Å²) in [6, 6.07) is 19.3. The largest absolute Gasteiger partial charge is 0.508 e. The van der Waals surface area contributed by atoms with Gasteiger partial charge in [0.05, 0.1) is 22.1 Å². The molecule has 0 aliphatic carbocycles. The van der Waals surface area contributed by atoms with Crippen LogP contribution in [0.3, 0.4) is 0 Å². The molecular formula is C23H16ClN5O3S. The number of nitrogen functional groups attached to an aromatic ring is 1. The first-order valence-corrected chi connectivity index (χ1v) is 11.6. The highest BCUT2D eigenvalue weighted by molar-refractivity contribution is 7.92. The zero-order chi connectivity index (χ0) is 23.2. The Labute approximate surface area is 193 Å². The third kappa shape index (κ3) is 3.67. The summed E-state index contributed by atoms with van der Waals surface area (Å²) in [7, 11) is -4.07. The van der Waals surface area contributed by atoms with E-state index < -0.39 is 9.84 Å². The van der Waals surface area contributed by atoms with Gasteiger partial charge >= 0.3 is 0 Å². The van der Waals surface area contributed by atoms with Gasteiger partial charge in [0.2, 0.25) is 9.84 Å². The number of rotatable bonds is 4. The molecule has 5 rings (SSSR count). The number of nitrogens with two attached hydrogens (primary N) is 1. The Morgan fingerprint density at radius 1 is 0.970 bits per heavy atom. The van der Waals surface area contributed by atoms with E-state index in [4.69, 9.17) is 17.3 Å². The number of benzene rings is 3. The predicted octanol–water partition coefficient (Wildman–Crippen LogP) is 4.24. The highest BCUT2D eigenvalue weighted by atomic mass is 35.5. The molecule has 2 heterocycles. The molecule has 0 aliphatic heterocycles. The lowest BCUT2D eigenvalue weighted by atomic mass is 10.2. The van der Waals surface area contributed by atoms with Gasteiger partial charge in [-0.1, -0.05) is 35.9 Å². The van der Waals surface area contributed by atoms with Crippen molar-refractivity contribution >= 4 is 55.7 Å². The van der Waals surface area contributed by atoms with E-state index in [1.54, 1.807) is 36.4 Å². The monoisotopic (exact) mass is 477 g/mol. The Kier molecular flexibility index (Phi) is 4.99. The molecule has 3 N–H and O–H groups in total. The van der Waals surface area contributed by atoms with Gasteiger partial charge in [0.15, 0.2) is 5.65 Å². The van der Waals surface area contributed by atoms with Crippen LogP contribution in [0, 0.1) is 0 Å². The number of para-hydroxylation sites is 2. The van der Waals surface area contributed by atoms with Gasteiger partial charge in [-0.3, -0.25) is 0 Å².